The van der Waals surface area contributed by atoms with Crippen LogP contribution in [0.3, 0.4) is 0 Å². The number of nitrogens with zero attached hydrogens (tertiary/aromatic N) is 2. The lowest BCUT2D eigenvalue weighted by atomic mass is 9.71. The normalized spacial score (nSPS) is 13.7. The largest absolute Gasteiger partial charge is 0.497 e. The number of pyridine rings is 1. The van der Waals surface area contributed by atoms with Gasteiger partial charge in [0.15, 0.2) is 0 Å². The van der Waals surface area contributed by atoms with E-state index in [0.29, 0.717) is 12.3 Å². The zero-order valence-corrected chi connectivity index (χ0v) is 21.9. The summed E-state index contributed by atoms with van der Waals surface area (Å²) in [6.07, 6.45) is 2.47. The molecule has 192 valence electrons. The van der Waals surface area contributed by atoms with Crippen molar-refractivity contribution in [3.63, 3.8) is 0 Å². The molecule has 0 aliphatic heterocycles. The van der Waals surface area contributed by atoms with Crippen LogP contribution >= 0.6 is 0 Å². The molecule has 6 heteroatoms. The Morgan fingerprint density at radius 1 is 0.838 bits per heavy atom. The molecule has 6 nitrogen and oxygen atoms in total. The second-order valence-electron chi connectivity index (χ2n) is 9.32. The summed E-state index contributed by atoms with van der Waals surface area (Å²) in [5.74, 6) is 7.21. The van der Waals surface area contributed by atoms with Crippen LogP contribution in [0.25, 0.3) is 11.1 Å². The van der Waals surface area contributed by atoms with Gasteiger partial charge in [-0.05, 0) is 55.4 Å². The zero-order valence-electron chi connectivity index (χ0n) is 21.9. The van der Waals surface area contributed by atoms with E-state index in [1.165, 1.54) is 0 Å². The van der Waals surface area contributed by atoms with Crippen LogP contribution in [0.2, 0.25) is 0 Å². The maximum atomic E-state index is 6.30. The molecule has 4 rings (SSSR count). The van der Waals surface area contributed by atoms with Crippen molar-refractivity contribution in [2.45, 2.75) is 17.9 Å². The summed E-state index contributed by atoms with van der Waals surface area (Å²) >= 11 is 0. The van der Waals surface area contributed by atoms with Crippen molar-refractivity contribution in [2.24, 2.45) is 5.90 Å². The Balaban J connectivity index is 2.03. The second kappa shape index (κ2) is 12.0. The Morgan fingerprint density at radius 2 is 1.54 bits per heavy atom. The van der Waals surface area contributed by atoms with Crippen molar-refractivity contribution in [3.8, 4) is 22.8 Å². The second-order valence-corrected chi connectivity index (χ2v) is 9.32. The van der Waals surface area contributed by atoms with E-state index in [2.05, 4.69) is 41.3 Å². The fraction of sp³-hybridized carbons (Fsp3) is 0.258. The molecule has 0 fully saturated rings. The molecule has 0 aliphatic carbocycles. The molecule has 0 radical (unpaired) electrons. The molecule has 2 N–H and O–H groups in total. The van der Waals surface area contributed by atoms with E-state index in [1.54, 1.807) is 14.2 Å². The topological polar surface area (TPSA) is 69.8 Å². The Morgan fingerprint density at radius 3 is 2.16 bits per heavy atom. The van der Waals surface area contributed by atoms with Gasteiger partial charge in [-0.15, -0.1) is 0 Å². The van der Waals surface area contributed by atoms with Crippen molar-refractivity contribution in [2.75, 3.05) is 34.9 Å². The molecule has 37 heavy (non-hydrogen) atoms. The standard InChI is InChI=1S/C31H35N3O3/c1-34(2)19-18-31(37-32,26-15-9-6-10-16-26)29(24-14-11-17-27(20-24)35-3)28-21-25(22-33-30(28)36-4)23-12-7-5-8-13-23/h5-17,20-22,29H,18-19,32H2,1-4H3. The van der Waals surface area contributed by atoms with E-state index < -0.39 is 5.60 Å². The van der Waals surface area contributed by atoms with Crippen LogP contribution in [0, 0.1) is 0 Å². The third-order valence-electron chi connectivity index (χ3n) is 6.79. The summed E-state index contributed by atoms with van der Waals surface area (Å²) in [6, 6.07) is 30.5. The van der Waals surface area contributed by atoms with Crippen molar-refractivity contribution in [3.05, 3.63) is 114 Å². The molecule has 0 bridgehead atoms. The summed E-state index contributed by atoms with van der Waals surface area (Å²) in [7, 11) is 7.40. The smallest absolute Gasteiger partial charge is 0.217 e. The molecule has 2 unspecified atom stereocenters. The molecule has 4 aromatic rings. The van der Waals surface area contributed by atoms with E-state index >= 15 is 0 Å². The van der Waals surface area contributed by atoms with Gasteiger partial charge in [-0.2, -0.15) is 0 Å². The third kappa shape index (κ3) is 5.67. The molecule has 2 atom stereocenters. The predicted molar refractivity (Wildman–Crippen MR) is 148 cm³/mol. The van der Waals surface area contributed by atoms with Crippen LogP contribution in [0.5, 0.6) is 11.6 Å². The van der Waals surface area contributed by atoms with Gasteiger partial charge in [0, 0.05) is 29.8 Å². The molecule has 1 heterocycles. The van der Waals surface area contributed by atoms with E-state index in [-0.39, 0.29) is 5.92 Å². The fourth-order valence-electron chi connectivity index (χ4n) is 4.92. The maximum Gasteiger partial charge on any atom is 0.217 e. The fourth-order valence-corrected chi connectivity index (χ4v) is 4.92. The average molecular weight is 498 g/mol. The number of nitrogens with two attached hydrogens (primary N) is 1. The highest BCUT2D eigenvalue weighted by Crippen LogP contribution is 2.49. The number of aromatic nitrogens is 1. The first-order valence-electron chi connectivity index (χ1n) is 12.3. The third-order valence-corrected chi connectivity index (χ3v) is 6.79. The van der Waals surface area contributed by atoms with Crippen LogP contribution in [0.15, 0.2) is 97.2 Å². The van der Waals surface area contributed by atoms with E-state index in [0.717, 1.165) is 40.1 Å². The summed E-state index contributed by atoms with van der Waals surface area (Å²) in [4.78, 5) is 13.0. The highest BCUT2D eigenvalue weighted by atomic mass is 16.6. The van der Waals surface area contributed by atoms with Gasteiger partial charge in [-0.3, -0.25) is 4.84 Å². The minimum atomic E-state index is -0.928. The van der Waals surface area contributed by atoms with E-state index in [4.69, 9.17) is 25.2 Å². The van der Waals surface area contributed by atoms with Gasteiger partial charge in [0.25, 0.3) is 0 Å². The van der Waals surface area contributed by atoms with Crippen molar-refractivity contribution in [1.82, 2.24) is 9.88 Å². The zero-order chi connectivity index (χ0) is 26.3. The molecular formula is C31H35N3O3. The van der Waals surface area contributed by atoms with Crippen LogP contribution in [0.1, 0.15) is 29.0 Å². The quantitative estimate of drug-likeness (QED) is 0.271. The summed E-state index contributed by atoms with van der Waals surface area (Å²) in [5.41, 5.74) is 3.95. The lowest BCUT2D eigenvalue weighted by molar-refractivity contribution is -0.0757. The maximum absolute atomic E-state index is 6.30. The molecule has 0 aliphatic rings. The summed E-state index contributed by atoms with van der Waals surface area (Å²) in [6.45, 7) is 0.751. The molecule has 3 aromatic carbocycles. The van der Waals surface area contributed by atoms with Crippen LogP contribution in [-0.4, -0.2) is 44.7 Å². The van der Waals surface area contributed by atoms with Gasteiger partial charge < -0.3 is 14.4 Å². The summed E-state index contributed by atoms with van der Waals surface area (Å²) in [5, 5.41) is 0. The molecule has 0 amide bonds. The first-order chi connectivity index (χ1) is 18.0. The van der Waals surface area contributed by atoms with Crippen LogP contribution in [0.4, 0.5) is 0 Å². The van der Waals surface area contributed by atoms with Crippen molar-refractivity contribution in [1.29, 1.82) is 0 Å². The molecule has 0 saturated heterocycles. The Hall–Kier alpha value is -3.71. The molecular weight excluding hydrogens is 462 g/mol. The molecule has 0 spiro atoms. The lowest BCUT2D eigenvalue weighted by Crippen LogP contribution is -2.42. The van der Waals surface area contributed by atoms with Gasteiger partial charge >= 0.3 is 0 Å². The molecule has 1 aromatic heterocycles. The Bertz CT molecular complexity index is 1280. The predicted octanol–water partition coefficient (Wildman–Crippen LogP) is 5.64. The van der Waals surface area contributed by atoms with Gasteiger partial charge in [0.2, 0.25) is 5.88 Å². The number of rotatable bonds is 11. The number of hydrogen-bond donors (Lipinski definition) is 1. The number of methoxy groups -OCH3 is 2. The Labute approximate surface area is 219 Å². The average Bonchev–Trinajstić information content (AvgIpc) is 2.96. The van der Waals surface area contributed by atoms with Gasteiger partial charge in [-0.1, -0.05) is 72.8 Å². The van der Waals surface area contributed by atoms with Crippen molar-refractivity contribution < 1.29 is 14.3 Å². The van der Waals surface area contributed by atoms with Gasteiger partial charge in [-0.25, -0.2) is 10.9 Å². The van der Waals surface area contributed by atoms with E-state index in [1.807, 2.05) is 74.9 Å². The van der Waals surface area contributed by atoms with Gasteiger partial charge in [0.05, 0.1) is 14.2 Å². The number of benzene rings is 3. The number of hydrogen-bond acceptors (Lipinski definition) is 6. The minimum absolute atomic E-state index is 0.360. The first kappa shape index (κ1) is 26.4. The SMILES string of the molecule is COc1cccc(C(c2cc(-c3ccccc3)cnc2OC)C(CCN(C)C)(ON)c2ccccc2)c1. The highest BCUT2D eigenvalue weighted by molar-refractivity contribution is 5.65. The monoisotopic (exact) mass is 497 g/mol. The van der Waals surface area contributed by atoms with Crippen LogP contribution in [-0.2, 0) is 10.4 Å². The van der Waals surface area contributed by atoms with Gasteiger partial charge in [0.1, 0.15) is 11.4 Å². The molecule has 0 saturated carbocycles. The summed E-state index contributed by atoms with van der Waals surface area (Å²) < 4.78 is 11.5. The first-order valence-corrected chi connectivity index (χ1v) is 12.3. The van der Waals surface area contributed by atoms with E-state index in [9.17, 15) is 0 Å². The van der Waals surface area contributed by atoms with Crippen molar-refractivity contribution >= 4 is 0 Å². The Kier molecular flexibility index (Phi) is 8.56. The highest BCUT2D eigenvalue weighted by Gasteiger charge is 2.45. The number of ether oxygens (including phenoxy) is 2. The van der Waals surface area contributed by atoms with Crippen LogP contribution < -0.4 is 15.4 Å². The lowest BCUT2D eigenvalue weighted by Gasteiger charge is -2.41. The minimum Gasteiger partial charge on any atom is -0.497 e.